The summed E-state index contributed by atoms with van der Waals surface area (Å²) in [5.74, 6) is -1.07. The van der Waals surface area contributed by atoms with Crippen molar-refractivity contribution in [1.82, 2.24) is 10.2 Å². The van der Waals surface area contributed by atoms with Crippen molar-refractivity contribution in [3.63, 3.8) is 0 Å². The fourth-order valence-corrected chi connectivity index (χ4v) is 2.44. The number of aromatic hydroxyl groups is 1. The maximum absolute atomic E-state index is 12.2. The lowest BCUT2D eigenvalue weighted by atomic mass is 10.1. The van der Waals surface area contributed by atoms with Gasteiger partial charge in [0.1, 0.15) is 5.75 Å². The first-order valence-electron chi connectivity index (χ1n) is 7.00. The monoisotopic (exact) mass is 310 g/mol. The zero-order valence-corrected chi connectivity index (χ0v) is 12.4. The number of nitrogens with zero attached hydrogens (tertiary/aromatic N) is 1. The average Bonchev–Trinajstić information content (AvgIpc) is 2.78. The molecule has 23 heavy (non-hydrogen) atoms. The highest BCUT2D eigenvalue weighted by Gasteiger charge is 2.33. The smallest absolute Gasteiger partial charge is 0.261 e. The molecular weight excluding hydrogens is 296 g/mol. The van der Waals surface area contributed by atoms with E-state index in [9.17, 15) is 19.5 Å². The summed E-state index contributed by atoms with van der Waals surface area (Å²) in [6, 6.07) is 11.1. The van der Waals surface area contributed by atoms with E-state index < -0.39 is 5.91 Å². The topological polar surface area (TPSA) is 86.7 Å². The van der Waals surface area contributed by atoms with Crippen molar-refractivity contribution in [2.24, 2.45) is 0 Å². The van der Waals surface area contributed by atoms with E-state index in [4.69, 9.17) is 0 Å². The van der Waals surface area contributed by atoms with Gasteiger partial charge in [0.05, 0.1) is 11.1 Å². The molecule has 2 aromatic carbocycles. The molecule has 2 N–H and O–H groups in total. The first-order valence-corrected chi connectivity index (χ1v) is 7.00. The van der Waals surface area contributed by atoms with Gasteiger partial charge < -0.3 is 10.4 Å². The molecule has 0 bridgehead atoms. The third-order valence-corrected chi connectivity index (χ3v) is 3.78. The second-order valence-corrected chi connectivity index (χ2v) is 5.24. The molecule has 0 aromatic heterocycles. The zero-order valence-electron chi connectivity index (χ0n) is 12.4. The molecule has 3 amide bonds. The van der Waals surface area contributed by atoms with E-state index in [-0.39, 0.29) is 35.2 Å². The Bertz CT molecular complexity index is 829. The first-order chi connectivity index (χ1) is 11.0. The van der Waals surface area contributed by atoms with Crippen LogP contribution in [-0.2, 0) is 6.54 Å². The molecule has 116 valence electrons. The molecule has 6 nitrogen and oxygen atoms in total. The molecule has 0 atom stereocenters. The van der Waals surface area contributed by atoms with Crippen LogP contribution in [0.15, 0.2) is 42.5 Å². The van der Waals surface area contributed by atoms with Gasteiger partial charge in [-0.3, -0.25) is 19.3 Å². The van der Waals surface area contributed by atoms with Gasteiger partial charge in [-0.25, -0.2) is 0 Å². The number of amides is 3. The molecule has 0 unspecified atom stereocenters. The van der Waals surface area contributed by atoms with Gasteiger partial charge in [-0.1, -0.05) is 18.2 Å². The lowest BCUT2D eigenvalue weighted by Gasteiger charge is -2.07. The van der Waals surface area contributed by atoms with Gasteiger partial charge in [0, 0.05) is 24.7 Å². The Kier molecular flexibility index (Phi) is 3.57. The lowest BCUT2D eigenvalue weighted by molar-refractivity contribution is 0.0693. The Hall–Kier alpha value is -3.15. The molecule has 0 radical (unpaired) electrons. The van der Waals surface area contributed by atoms with Crippen LogP contribution in [0.5, 0.6) is 5.75 Å². The van der Waals surface area contributed by atoms with E-state index >= 15 is 0 Å². The summed E-state index contributed by atoms with van der Waals surface area (Å²) in [5, 5.41) is 12.4. The van der Waals surface area contributed by atoms with Crippen LogP contribution in [0.3, 0.4) is 0 Å². The molecule has 0 aliphatic carbocycles. The first kappa shape index (κ1) is 14.8. The van der Waals surface area contributed by atoms with Gasteiger partial charge in [0.15, 0.2) is 0 Å². The standard InChI is InChI=1S/C17H14N2O4/c1-19-16(22)12-7-6-10(8-13(12)17(19)23)15(21)18-9-11-4-2-3-5-14(11)20/h2-8,20H,9H2,1H3,(H,18,21). The van der Waals surface area contributed by atoms with E-state index in [1.165, 1.54) is 31.3 Å². The van der Waals surface area contributed by atoms with Gasteiger partial charge in [-0.2, -0.15) is 0 Å². The Labute approximate surface area is 132 Å². The number of imide groups is 1. The summed E-state index contributed by atoms with van der Waals surface area (Å²) in [4.78, 5) is 37.0. The molecule has 6 heteroatoms. The molecule has 0 fully saturated rings. The van der Waals surface area contributed by atoms with Crippen LogP contribution in [-0.4, -0.2) is 34.8 Å². The maximum atomic E-state index is 12.2. The van der Waals surface area contributed by atoms with E-state index in [0.29, 0.717) is 11.1 Å². The lowest BCUT2D eigenvalue weighted by Crippen LogP contribution is -2.24. The molecule has 0 saturated carbocycles. The third kappa shape index (κ3) is 2.55. The largest absolute Gasteiger partial charge is 0.508 e. The summed E-state index contributed by atoms with van der Waals surface area (Å²) < 4.78 is 0. The van der Waals surface area contributed by atoms with Crippen molar-refractivity contribution in [2.45, 2.75) is 6.54 Å². The maximum Gasteiger partial charge on any atom is 0.261 e. The number of carbonyl (C=O) groups is 3. The second-order valence-electron chi connectivity index (χ2n) is 5.24. The molecule has 3 rings (SSSR count). The van der Waals surface area contributed by atoms with Crippen molar-refractivity contribution in [1.29, 1.82) is 0 Å². The van der Waals surface area contributed by atoms with Gasteiger partial charge in [0.2, 0.25) is 0 Å². The Morgan fingerprint density at radius 2 is 1.78 bits per heavy atom. The number of para-hydroxylation sites is 1. The highest BCUT2D eigenvalue weighted by Crippen LogP contribution is 2.23. The predicted molar refractivity (Wildman–Crippen MR) is 82.1 cm³/mol. The zero-order chi connectivity index (χ0) is 16.6. The van der Waals surface area contributed by atoms with Crippen molar-refractivity contribution in [2.75, 3.05) is 7.05 Å². The number of phenolic OH excluding ortho intramolecular Hbond substituents is 1. The summed E-state index contributed by atoms with van der Waals surface area (Å²) in [7, 11) is 1.41. The van der Waals surface area contributed by atoms with E-state index in [1.807, 2.05) is 0 Å². The van der Waals surface area contributed by atoms with Crippen LogP contribution < -0.4 is 5.32 Å². The van der Waals surface area contributed by atoms with E-state index in [0.717, 1.165) is 4.90 Å². The highest BCUT2D eigenvalue weighted by molar-refractivity contribution is 6.21. The molecule has 0 saturated heterocycles. The van der Waals surface area contributed by atoms with Crippen LogP contribution >= 0.6 is 0 Å². The molecule has 1 aliphatic rings. The quantitative estimate of drug-likeness (QED) is 0.842. The SMILES string of the molecule is CN1C(=O)c2ccc(C(=O)NCc3ccccc3O)cc2C1=O. The molecule has 1 heterocycles. The summed E-state index contributed by atoms with van der Waals surface area (Å²) in [6.07, 6.45) is 0. The fraction of sp³-hybridized carbons (Fsp3) is 0.118. The van der Waals surface area contributed by atoms with Gasteiger partial charge in [0.25, 0.3) is 17.7 Å². The number of fused-ring (bicyclic) bond motifs is 1. The minimum atomic E-state index is -0.416. The molecular formula is C17H14N2O4. The predicted octanol–water partition coefficient (Wildman–Crippen LogP) is 1.55. The van der Waals surface area contributed by atoms with E-state index in [1.54, 1.807) is 18.2 Å². The van der Waals surface area contributed by atoms with Crippen molar-refractivity contribution >= 4 is 17.7 Å². The minimum Gasteiger partial charge on any atom is -0.508 e. The number of hydrogen-bond acceptors (Lipinski definition) is 4. The number of hydrogen-bond donors (Lipinski definition) is 2. The Morgan fingerprint density at radius 1 is 1.09 bits per heavy atom. The number of carbonyl (C=O) groups excluding carboxylic acids is 3. The number of phenols is 1. The van der Waals surface area contributed by atoms with Crippen LogP contribution in [0, 0.1) is 0 Å². The van der Waals surface area contributed by atoms with Crippen molar-refractivity contribution < 1.29 is 19.5 Å². The molecule has 1 aliphatic heterocycles. The number of nitrogens with one attached hydrogen (secondary N) is 1. The van der Waals surface area contributed by atoms with Gasteiger partial charge >= 0.3 is 0 Å². The highest BCUT2D eigenvalue weighted by atomic mass is 16.3. The fourth-order valence-electron chi connectivity index (χ4n) is 2.44. The van der Waals surface area contributed by atoms with Crippen molar-refractivity contribution in [3.8, 4) is 5.75 Å². The van der Waals surface area contributed by atoms with Crippen LogP contribution in [0.2, 0.25) is 0 Å². The molecule has 0 spiro atoms. The number of benzene rings is 2. The average molecular weight is 310 g/mol. The third-order valence-electron chi connectivity index (χ3n) is 3.78. The van der Waals surface area contributed by atoms with Crippen LogP contribution in [0.4, 0.5) is 0 Å². The molecule has 2 aromatic rings. The number of rotatable bonds is 3. The Morgan fingerprint density at radius 3 is 2.52 bits per heavy atom. The summed E-state index contributed by atoms with van der Waals surface area (Å²) in [5.41, 5.74) is 1.41. The summed E-state index contributed by atoms with van der Waals surface area (Å²) >= 11 is 0. The van der Waals surface area contributed by atoms with Crippen molar-refractivity contribution in [3.05, 3.63) is 64.7 Å². The van der Waals surface area contributed by atoms with Gasteiger partial charge in [-0.05, 0) is 24.3 Å². The summed E-state index contributed by atoms with van der Waals surface area (Å²) in [6.45, 7) is 0.162. The van der Waals surface area contributed by atoms with E-state index in [2.05, 4.69) is 5.32 Å². The Balaban J connectivity index is 1.78. The second kappa shape index (κ2) is 5.57. The minimum absolute atomic E-state index is 0.101. The normalized spacial score (nSPS) is 13.2. The van der Waals surface area contributed by atoms with Gasteiger partial charge in [-0.15, -0.1) is 0 Å². The van der Waals surface area contributed by atoms with Crippen LogP contribution in [0.1, 0.15) is 36.6 Å². The van der Waals surface area contributed by atoms with Crippen LogP contribution in [0.25, 0.3) is 0 Å².